The lowest BCUT2D eigenvalue weighted by Gasteiger charge is -2.24. The summed E-state index contributed by atoms with van der Waals surface area (Å²) in [4.78, 5) is 0. The maximum Gasteiger partial charge on any atom is 0.166 e. The van der Waals surface area contributed by atoms with Gasteiger partial charge in [-0.2, -0.15) is 0 Å². The number of rotatable bonds is 8. The molecule has 0 aromatic heterocycles. The molecule has 1 atom stereocenters. The van der Waals surface area contributed by atoms with Crippen LogP contribution in [0.25, 0.3) is 0 Å². The highest BCUT2D eigenvalue weighted by Crippen LogP contribution is 2.33. The number of para-hydroxylation sites is 1. The van der Waals surface area contributed by atoms with Crippen LogP contribution in [-0.2, 0) is 6.54 Å². The van der Waals surface area contributed by atoms with E-state index in [0.29, 0.717) is 6.61 Å². The van der Waals surface area contributed by atoms with E-state index in [0.717, 1.165) is 36.4 Å². The first-order valence-electron chi connectivity index (χ1n) is 8.03. The third-order valence-corrected chi connectivity index (χ3v) is 3.18. The van der Waals surface area contributed by atoms with Crippen molar-refractivity contribution >= 4 is 0 Å². The smallest absolute Gasteiger partial charge is 0.166 e. The molecule has 0 heterocycles. The van der Waals surface area contributed by atoms with Crippen LogP contribution in [0.1, 0.15) is 59.9 Å². The molecule has 1 aromatic rings. The second-order valence-corrected chi connectivity index (χ2v) is 6.50. The van der Waals surface area contributed by atoms with Crippen molar-refractivity contribution in [3.8, 4) is 11.5 Å². The van der Waals surface area contributed by atoms with Crippen molar-refractivity contribution in [2.45, 2.75) is 72.6 Å². The summed E-state index contributed by atoms with van der Waals surface area (Å²) in [5.74, 6) is 1.73. The zero-order valence-electron chi connectivity index (χ0n) is 14.5. The van der Waals surface area contributed by atoms with Gasteiger partial charge < -0.3 is 14.8 Å². The second kappa shape index (κ2) is 8.28. The van der Waals surface area contributed by atoms with E-state index in [9.17, 15) is 0 Å². The van der Waals surface area contributed by atoms with E-state index in [4.69, 9.17) is 9.47 Å². The molecule has 0 aliphatic rings. The van der Waals surface area contributed by atoms with Gasteiger partial charge in [-0.05, 0) is 47.1 Å². The minimum atomic E-state index is 0.0773. The molecule has 1 N–H and O–H groups in total. The van der Waals surface area contributed by atoms with E-state index in [1.54, 1.807) is 0 Å². The van der Waals surface area contributed by atoms with Gasteiger partial charge in [0.1, 0.15) is 0 Å². The van der Waals surface area contributed by atoms with Crippen molar-refractivity contribution in [1.29, 1.82) is 0 Å². The molecule has 0 amide bonds. The predicted molar refractivity (Wildman–Crippen MR) is 89.2 cm³/mol. The molecule has 0 fully saturated rings. The summed E-state index contributed by atoms with van der Waals surface area (Å²) < 4.78 is 11.9. The van der Waals surface area contributed by atoms with Gasteiger partial charge in [0.2, 0.25) is 0 Å². The van der Waals surface area contributed by atoms with E-state index in [1.807, 2.05) is 19.1 Å². The largest absolute Gasteiger partial charge is 0.490 e. The fourth-order valence-electron chi connectivity index (χ4n) is 2.13. The van der Waals surface area contributed by atoms with Gasteiger partial charge in [0, 0.05) is 17.6 Å². The van der Waals surface area contributed by atoms with Crippen molar-refractivity contribution in [1.82, 2.24) is 5.32 Å². The Labute approximate surface area is 130 Å². The van der Waals surface area contributed by atoms with Crippen molar-refractivity contribution in [3.05, 3.63) is 23.8 Å². The molecule has 0 aliphatic heterocycles. The Morgan fingerprint density at radius 3 is 2.48 bits per heavy atom. The molecule has 0 spiro atoms. The van der Waals surface area contributed by atoms with Crippen LogP contribution < -0.4 is 14.8 Å². The normalized spacial score (nSPS) is 13.0. The highest BCUT2D eigenvalue weighted by molar-refractivity contribution is 5.46. The van der Waals surface area contributed by atoms with Gasteiger partial charge in [-0.15, -0.1) is 0 Å². The van der Waals surface area contributed by atoms with Gasteiger partial charge in [0.05, 0.1) is 12.7 Å². The maximum absolute atomic E-state index is 6.17. The SMILES string of the molecule is CCCC(C)Oc1c(CNC(C)(C)C)cccc1OCC. The van der Waals surface area contributed by atoms with E-state index >= 15 is 0 Å². The lowest BCUT2D eigenvalue weighted by atomic mass is 10.1. The molecule has 1 rings (SSSR count). The number of benzene rings is 1. The van der Waals surface area contributed by atoms with Gasteiger partial charge in [-0.3, -0.25) is 0 Å². The fourth-order valence-corrected chi connectivity index (χ4v) is 2.13. The van der Waals surface area contributed by atoms with Gasteiger partial charge >= 0.3 is 0 Å². The molecule has 1 unspecified atom stereocenters. The van der Waals surface area contributed by atoms with Gasteiger partial charge in [0.15, 0.2) is 11.5 Å². The zero-order valence-corrected chi connectivity index (χ0v) is 14.5. The molecule has 0 radical (unpaired) electrons. The van der Waals surface area contributed by atoms with Crippen molar-refractivity contribution in [2.24, 2.45) is 0 Å². The highest BCUT2D eigenvalue weighted by atomic mass is 16.5. The van der Waals surface area contributed by atoms with Crippen LogP contribution in [0.15, 0.2) is 18.2 Å². The van der Waals surface area contributed by atoms with E-state index in [2.05, 4.69) is 46.0 Å². The number of ether oxygens (including phenoxy) is 2. The molecular formula is C18H31NO2. The second-order valence-electron chi connectivity index (χ2n) is 6.50. The van der Waals surface area contributed by atoms with Crippen LogP contribution in [0.4, 0.5) is 0 Å². The van der Waals surface area contributed by atoms with Gasteiger partial charge in [0.25, 0.3) is 0 Å². The van der Waals surface area contributed by atoms with Crippen LogP contribution in [0.3, 0.4) is 0 Å². The summed E-state index contributed by atoms with van der Waals surface area (Å²) in [6.45, 7) is 14.2. The Bertz CT molecular complexity index is 424. The summed E-state index contributed by atoms with van der Waals surface area (Å²) in [7, 11) is 0. The minimum absolute atomic E-state index is 0.0773. The maximum atomic E-state index is 6.17. The molecule has 1 aromatic carbocycles. The molecule has 3 nitrogen and oxygen atoms in total. The molecule has 0 saturated heterocycles. The molecule has 0 saturated carbocycles. The third-order valence-electron chi connectivity index (χ3n) is 3.18. The van der Waals surface area contributed by atoms with Crippen LogP contribution in [-0.4, -0.2) is 18.2 Å². The summed E-state index contributed by atoms with van der Waals surface area (Å²) >= 11 is 0. The lowest BCUT2D eigenvalue weighted by Crippen LogP contribution is -2.35. The topological polar surface area (TPSA) is 30.5 Å². The van der Waals surface area contributed by atoms with Crippen molar-refractivity contribution in [2.75, 3.05) is 6.61 Å². The predicted octanol–water partition coefficient (Wildman–Crippen LogP) is 4.54. The number of hydrogen-bond acceptors (Lipinski definition) is 3. The molecular weight excluding hydrogens is 262 g/mol. The lowest BCUT2D eigenvalue weighted by molar-refractivity contribution is 0.194. The van der Waals surface area contributed by atoms with Crippen LogP contribution in [0.5, 0.6) is 11.5 Å². The Balaban J connectivity index is 2.96. The van der Waals surface area contributed by atoms with Crippen molar-refractivity contribution in [3.63, 3.8) is 0 Å². The van der Waals surface area contributed by atoms with Crippen LogP contribution in [0, 0.1) is 0 Å². The first-order chi connectivity index (χ1) is 9.87. The number of hydrogen-bond donors (Lipinski definition) is 1. The van der Waals surface area contributed by atoms with Crippen molar-refractivity contribution < 1.29 is 9.47 Å². The van der Waals surface area contributed by atoms with Crippen LogP contribution in [0.2, 0.25) is 0 Å². The standard InChI is InChI=1S/C18H31NO2/c1-7-10-14(3)21-17-15(13-19-18(4,5)6)11-9-12-16(17)20-8-2/h9,11-12,14,19H,7-8,10,13H2,1-6H3. The van der Waals surface area contributed by atoms with E-state index < -0.39 is 0 Å². The first-order valence-corrected chi connectivity index (χ1v) is 8.03. The highest BCUT2D eigenvalue weighted by Gasteiger charge is 2.16. The average Bonchev–Trinajstić information content (AvgIpc) is 2.38. The first kappa shape index (κ1) is 17.8. The monoisotopic (exact) mass is 293 g/mol. The Hall–Kier alpha value is -1.22. The van der Waals surface area contributed by atoms with E-state index in [-0.39, 0.29) is 11.6 Å². The third kappa shape index (κ3) is 6.38. The molecule has 3 heteroatoms. The average molecular weight is 293 g/mol. The minimum Gasteiger partial charge on any atom is -0.490 e. The number of nitrogens with one attached hydrogen (secondary N) is 1. The van der Waals surface area contributed by atoms with E-state index in [1.165, 1.54) is 0 Å². The van der Waals surface area contributed by atoms with Gasteiger partial charge in [-0.1, -0.05) is 25.5 Å². The summed E-state index contributed by atoms with van der Waals surface area (Å²) in [6.07, 6.45) is 2.37. The summed E-state index contributed by atoms with van der Waals surface area (Å²) in [5.41, 5.74) is 1.23. The summed E-state index contributed by atoms with van der Waals surface area (Å²) in [5, 5.41) is 3.52. The van der Waals surface area contributed by atoms with Crippen LogP contribution >= 0.6 is 0 Å². The molecule has 0 aliphatic carbocycles. The summed E-state index contributed by atoms with van der Waals surface area (Å²) in [6, 6.07) is 6.12. The fraction of sp³-hybridized carbons (Fsp3) is 0.667. The molecule has 21 heavy (non-hydrogen) atoms. The Kier molecular flexibility index (Phi) is 7.03. The Morgan fingerprint density at radius 2 is 1.90 bits per heavy atom. The zero-order chi connectivity index (χ0) is 15.9. The molecule has 120 valence electrons. The molecule has 0 bridgehead atoms. The van der Waals surface area contributed by atoms with Gasteiger partial charge in [-0.25, -0.2) is 0 Å². The Morgan fingerprint density at radius 1 is 1.19 bits per heavy atom. The quantitative estimate of drug-likeness (QED) is 0.763.